The average molecular weight is 475 g/mol. The summed E-state index contributed by atoms with van der Waals surface area (Å²) in [5.74, 6) is 0.743. The van der Waals surface area contributed by atoms with E-state index in [-0.39, 0.29) is 5.69 Å². The van der Waals surface area contributed by atoms with Gasteiger partial charge in [0.05, 0.1) is 29.8 Å². The molecule has 0 atom stereocenters. The van der Waals surface area contributed by atoms with Gasteiger partial charge in [-0.15, -0.1) is 0 Å². The Kier molecular flexibility index (Phi) is 6.34. The van der Waals surface area contributed by atoms with Crippen LogP contribution in [0.1, 0.15) is 38.2 Å². The lowest BCUT2D eigenvalue weighted by molar-refractivity contribution is 0.249. The predicted octanol–water partition coefficient (Wildman–Crippen LogP) is 4.72. The van der Waals surface area contributed by atoms with Gasteiger partial charge in [0, 0.05) is 36.5 Å². The van der Waals surface area contributed by atoms with Crippen molar-refractivity contribution in [2.75, 3.05) is 37.4 Å². The smallest absolute Gasteiger partial charge is 0.229 e. The summed E-state index contributed by atoms with van der Waals surface area (Å²) in [5, 5.41) is 7.50. The SMILES string of the molecule is CC(C)c1cnn2ccc(-c3nc(Nc4ccc(N5CCC(N(C)C)CC5)cn4)ncc3F)cc12. The molecular weight excluding hydrogens is 443 g/mol. The summed E-state index contributed by atoms with van der Waals surface area (Å²) in [6, 6.07) is 8.33. The van der Waals surface area contributed by atoms with Gasteiger partial charge in [0.15, 0.2) is 5.82 Å². The van der Waals surface area contributed by atoms with E-state index in [0.29, 0.717) is 29.3 Å². The molecular formula is C26H31FN8. The molecule has 1 aliphatic heterocycles. The maximum atomic E-state index is 14.7. The first kappa shape index (κ1) is 23.2. The zero-order chi connectivity index (χ0) is 24.5. The highest BCUT2D eigenvalue weighted by molar-refractivity contribution is 5.69. The third kappa shape index (κ3) is 4.81. The first-order valence-electron chi connectivity index (χ1n) is 12.0. The van der Waals surface area contributed by atoms with Crippen molar-refractivity contribution in [3.8, 4) is 11.3 Å². The molecule has 0 unspecified atom stereocenters. The summed E-state index contributed by atoms with van der Waals surface area (Å²) in [5.41, 5.74) is 4.06. The predicted molar refractivity (Wildman–Crippen MR) is 137 cm³/mol. The lowest BCUT2D eigenvalue weighted by Gasteiger charge is -2.36. The topological polar surface area (TPSA) is 74.5 Å². The molecule has 1 fully saturated rings. The molecule has 5 heterocycles. The van der Waals surface area contributed by atoms with Crippen molar-refractivity contribution in [3.63, 3.8) is 0 Å². The summed E-state index contributed by atoms with van der Waals surface area (Å²) in [7, 11) is 4.29. The van der Waals surface area contributed by atoms with Crippen LogP contribution >= 0.6 is 0 Å². The Bertz CT molecular complexity index is 1310. The largest absolute Gasteiger partial charge is 0.370 e. The summed E-state index contributed by atoms with van der Waals surface area (Å²) in [6.07, 6.45) is 9.02. The number of anilines is 3. The molecule has 0 spiro atoms. The number of halogens is 1. The fraction of sp³-hybridized carbons (Fsp3) is 0.385. The number of pyridine rings is 2. The molecule has 4 aromatic rings. The molecule has 0 aromatic carbocycles. The molecule has 8 nitrogen and oxygen atoms in total. The molecule has 0 radical (unpaired) electrons. The monoisotopic (exact) mass is 474 g/mol. The van der Waals surface area contributed by atoms with Crippen molar-refractivity contribution in [2.45, 2.75) is 38.6 Å². The number of piperidine rings is 1. The first-order valence-corrected chi connectivity index (χ1v) is 12.0. The van der Waals surface area contributed by atoms with Gasteiger partial charge < -0.3 is 15.1 Å². The third-order valence-electron chi connectivity index (χ3n) is 6.74. The van der Waals surface area contributed by atoms with Crippen LogP contribution in [-0.4, -0.2) is 62.7 Å². The van der Waals surface area contributed by atoms with E-state index in [1.165, 1.54) is 6.20 Å². The zero-order valence-electron chi connectivity index (χ0n) is 20.6. The second-order valence-electron chi connectivity index (χ2n) is 9.60. The highest BCUT2D eigenvalue weighted by Gasteiger charge is 2.21. The van der Waals surface area contributed by atoms with Crippen molar-refractivity contribution in [1.29, 1.82) is 0 Å². The molecule has 1 N–H and O–H groups in total. The van der Waals surface area contributed by atoms with Crippen molar-refractivity contribution < 1.29 is 4.39 Å². The Balaban J connectivity index is 1.33. The van der Waals surface area contributed by atoms with Crippen LogP contribution < -0.4 is 10.2 Å². The molecule has 0 saturated carbocycles. The Morgan fingerprint density at radius 2 is 1.86 bits per heavy atom. The highest BCUT2D eigenvalue weighted by Crippen LogP contribution is 2.28. The molecule has 182 valence electrons. The first-order chi connectivity index (χ1) is 16.9. The standard InChI is InChI=1S/C26H31FN8/c1-17(2)21-15-30-35-12-7-18(13-23(21)35)25-22(27)16-29-26(32-25)31-24-6-5-20(14-28-24)34-10-8-19(9-11-34)33(3)4/h5-7,12-17,19H,8-11H2,1-4H3,(H,28,29,31,32). The summed E-state index contributed by atoms with van der Waals surface area (Å²) >= 11 is 0. The van der Waals surface area contributed by atoms with Crippen LogP contribution in [0.4, 0.5) is 21.8 Å². The molecule has 0 amide bonds. The Labute approximate surface area is 204 Å². The van der Waals surface area contributed by atoms with Gasteiger partial charge in [0.2, 0.25) is 5.95 Å². The van der Waals surface area contributed by atoms with Crippen molar-refractivity contribution >= 4 is 23.0 Å². The van der Waals surface area contributed by atoms with Crippen LogP contribution in [0.25, 0.3) is 16.8 Å². The summed E-state index contributed by atoms with van der Waals surface area (Å²) < 4.78 is 16.5. The second kappa shape index (κ2) is 9.58. The van der Waals surface area contributed by atoms with Crippen LogP contribution in [0.5, 0.6) is 0 Å². The number of hydrogen-bond donors (Lipinski definition) is 1. The van der Waals surface area contributed by atoms with Gasteiger partial charge in [0.1, 0.15) is 11.5 Å². The maximum absolute atomic E-state index is 14.7. The van der Waals surface area contributed by atoms with Gasteiger partial charge in [-0.05, 0) is 57.1 Å². The minimum atomic E-state index is -0.477. The Hall–Kier alpha value is -3.59. The van der Waals surface area contributed by atoms with Crippen LogP contribution in [0.3, 0.4) is 0 Å². The molecule has 9 heteroatoms. The molecule has 35 heavy (non-hydrogen) atoms. The number of fused-ring (bicyclic) bond motifs is 1. The van der Waals surface area contributed by atoms with Gasteiger partial charge in [-0.1, -0.05) is 13.8 Å². The molecule has 1 aliphatic rings. The van der Waals surface area contributed by atoms with Gasteiger partial charge in [-0.3, -0.25) is 0 Å². The summed E-state index contributed by atoms with van der Waals surface area (Å²) in [6.45, 7) is 6.26. The average Bonchev–Trinajstić information content (AvgIpc) is 3.29. The molecule has 0 bridgehead atoms. The lowest BCUT2D eigenvalue weighted by atomic mass is 10.0. The Morgan fingerprint density at radius 3 is 2.54 bits per heavy atom. The van der Waals surface area contributed by atoms with Gasteiger partial charge >= 0.3 is 0 Å². The Morgan fingerprint density at radius 1 is 1.06 bits per heavy atom. The van der Waals surface area contributed by atoms with E-state index in [1.54, 1.807) is 4.52 Å². The van der Waals surface area contributed by atoms with Gasteiger partial charge in [-0.2, -0.15) is 5.10 Å². The van der Waals surface area contributed by atoms with E-state index in [9.17, 15) is 4.39 Å². The van der Waals surface area contributed by atoms with Crippen molar-refractivity contribution in [1.82, 2.24) is 29.5 Å². The van der Waals surface area contributed by atoms with E-state index >= 15 is 0 Å². The van der Waals surface area contributed by atoms with E-state index in [1.807, 2.05) is 36.8 Å². The van der Waals surface area contributed by atoms with Crippen molar-refractivity contribution in [3.05, 3.63) is 60.4 Å². The number of hydrogen-bond acceptors (Lipinski definition) is 7. The van der Waals surface area contributed by atoms with Crippen LogP contribution in [0.15, 0.2) is 49.1 Å². The van der Waals surface area contributed by atoms with Crippen LogP contribution in [0.2, 0.25) is 0 Å². The van der Waals surface area contributed by atoms with Gasteiger partial charge in [0.25, 0.3) is 0 Å². The number of rotatable bonds is 6. The van der Waals surface area contributed by atoms with Crippen LogP contribution in [0, 0.1) is 5.82 Å². The fourth-order valence-electron chi connectivity index (χ4n) is 4.62. The van der Waals surface area contributed by atoms with E-state index in [2.05, 4.69) is 69.2 Å². The normalized spacial score (nSPS) is 14.9. The van der Waals surface area contributed by atoms with Crippen molar-refractivity contribution in [2.24, 2.45) is 0 Å². The lowest BCUT2D eigenvalue weighted by Crippen LogP contribution is -2.42. The number of nitrogens with zero attached hydrogens (tertiary/aromatic N) is 7. The van der Waals surface area contributed by atoms with E-state index in [4.69, 9.17) is 0 Å². The van der Waals surface area contributed by atoms with Crippen LogP contribution in [-0.2, 0) is 0 Å². The second-order valence-corrected chi connectivity index (χ2v) is 9.60. The quantitative estimate of drug-likeness (QED) is 0.433. The molecule has 5 rings (SSSR count). The number of nitrogens with one attached hydrogen (secondary N) is 1. The minimum absolute atomic E-state index is 0.237. The van der Waals surface area contributed by atoms with Gasteiger partial charge in [-0.25, -0.2) is 23.9 Å². The molecule has 1 saturated heterocycles. The van der Waals surface area contributed by atoms with E-state index in [0.717, 1.165) is 42.7 Å². The third-order valence-corrected chi connectivity index (χ3v) is 6.74. The highest BCUT2D eigenvalue weighted by atomic mass is 19.1. The maximum Gasteiger partial charge on any atom is 0.229 e. The fourth-order valence-corrected chi connectivity index (χ4v) is 4.62. The summed E-state index contributed by atoms with van der Waals surface area (Å²) in [4.78, 5) is 17.8. The molecule has 0 aliphatic carbocycles. The zero-order valence-corrected chi connectivity index (χ0v) is 20.6. The molecule has 4 aromatic heterocycles. The number of aromatic nitrogens is 5. The minimum Gasteiger partial charge on any atom is -0.370 e. The van der Waals surface area contributed by atoms with E-state index < -0.39 is 5.82 Å².